The summed E-state index contributed by atoms with van der Waals surface area (Å²) in [5.41, 5.74) is 3.86. The molecule has 0 saturated carbocycles. The Labute approximate surface area is 124 Å². The summed E-state index contributed by atoms with van der Waals surface area (Å²) in [6.45, 7) is 0. The first-order valence-electron chi connectivity index (χ1n) is 7.30. The number of hydrogen-bond acceptors (Lipinski definition) is 1. The Morgan fingerprint density at radius 3 is 2.67 bits per heavy atom. The summed E-state index contributed by atoms with van der Waals surface area (Å²) in [4.78, 5) is 4.13. The number of benzene rings is 1. The molecule has 0 spiro atoms. The van der Waals surface area contributed by atoms with Gasteiger partial charge in [-0.05, 0) is 30.5 Å². The first kappa shape index (κ1) is 12.2. The van der Waals surface area contributed by atoms with Gasteiger partial charge in [0.15, 0.2) is 0 Å². The fourth-order valence-electron chi connectivity index (χ4n) is 2.99. The summed E-state index contributed by atoms with van der Waals surface area (Å²) in [6.07, 6.45) is 14.8. The topological polar surface area (TPSA) is 17.8 Å². The van der Waals surface area contributed by atoms with Crippen molar-refractivity contribution in [3.05, 3.63) is 78.9 Å². The van der Waals surface area contributed by atoms with Gasteiger partial charge in [-0.15, -0.1) is 0 Å². The van der Waals surface area contributed by atoms with Crippen molar-refractivity contribution in [3.8, 4) is 5.69 Å². The van der Waals surface area contributed by atoms with E-state index in [9.17, 15) is 0 Å². The normalized spacial score (nSPS) is 14.4. The number of hydrogen-bond donors (Lipinski definition) is 0. The van der Waals surface area contributed by atoms with Crippen LogP contribution in [0.1, 0.15) is 18.5 Å². The number of rotatable bonds is 2. The Kier molecular flexibility index (Phi) is 2.93. The number of fused-ring (bicyclic) bond motifs is 1. The summed E-state index contributed by atoms with van der Waals surface area (Å²) >= 11 is 0. The Balaban J connectivity index is 2.02. The summed E-state index contributed by atoms with van der Waals surface area (Å²) in [5, 5.41) is 2.59. The van der Waals surface area contributed by atoms with Gasteiger partial charge in [0.25, 0.3) is 0 Å². The number of pyridine rings is 1. The van der Waals surface area contributed by atoms with Crippen LogP contribution in [0.2, 0.25) is 0 Å². The molecule has 0 bridgehead atoms. The highest BCUT2D eigenvalue weighted by Gasteiger charge is 2.14. The zero-order chi connectivity index (χ0) is 14.1. The van der Waals surface area contributed by atoms with Gasteiger partial charge in [0.05, 0.1) is 5.69 Å². The zero-order valence-corrected chi connectivity index (χ0v) is 11.7. The Hall–Kier alpha value is -2.61. The number of aromatic nitrogens is 2. The van der Waals surface area contributed by atoms with E-state index in [2.05, 4.69) is 70.4 Å². The van der Waals surface area contributed by atoms with Crippen LogP contribution < -0.4 is 0 Å². The Morgan fingerprint density at radius 1 is 1.00 bits per heavy atom. The van der Waals surface area contributed by atoms with E-state index in [4.69, 9.17) is 0 Å². The molecule has 2 heteroatoms. The van der Waals surface area contributed by atoms with Crippen LogP contribution in [0, 0.1) is 0 Å². The van der Waals surface area contributed by atoms with E-state index in [1.54, 1.807) is 0 Å². The van der Waals surface area contributed by atoms with Gasteiger partial charge in [0.2, 0.25) is 0 Å². The second-order valence-corrected chi connectivity index (χ2v) is 5.30. The van der Waals surface area contributed by atoms with Crippen LogP contribution in [0.25, 0.3) is 22.0 Å². The minimum Gasteiger partial charge on any atom is -0.316 e. The largest absolute Gasteiger partial charge is 0.316 e. The van der Waals surface area contributed by atoms with Gasteiger partial charge >= 0.3 is 0 Å². The Bertz CT molecular complexity index is 838. The molecule has 0 saturated heterocycles. The number of allylic oxidation sites excluding steroid dienone is 4. The smallest absolute Gasteiger partial charge is 0.0566 e. The van der Waals surface area contributed by atoms with Crippen molar-refractivity contribution in [3.63, 3.8) is 0 Å². The molecule has 1 aliphatic carbocycles. The molecule has 0 radical (unpaired) electrons. The van der Waals surface area contributed by atoms with Gasteiger partial charge < -0.3 is 4.57 Å². The minimum absolute atomic E-state index is 1.09. The Morgan fingerprint density at radius 2 is 1.86 bits per heavy atom. The van der Waals surface area contributed by atoms with E-state index in [1.807, 2.05) is 12.4 Å². The second kappa shape index (κ2) is 5.06. The molecule has 0 unspecified atom stereocenters. The molecule has 0 amide bonds. The molecule has 0 atom stereocenters. The van der Waals surface area contributed by atoms with Crippen molar-refractivity contribution in [1.29, 1.82) is 0 Å². The summed E-state index contributed by atoms with van der Waals surface area (Å²) in [5.74, 6) is 0. The maximum absolute atomic E-state index is 4.13. The van der Waals surface area contributed by atoms with Crippen LogP contribution in [-0.2, 0) is 0 Å². The molecule has 0 fully saturated rings. The van der Waals surface area contributed by atoms with Crippen molar-refractivity contribution >= 4 is 16.3 Å². The summed E-state index contributed by atoms with van der Waals surface area (Å²) in [7, 11) is 0. The predicted molar refractivity (Wildman–Crippen MR) is 87.4 cm³/mol. The van der Waals surface area contributed by atoms with Gasteiger partial charge in [-0.3, -0.25) is 4.98 Å². The molecular weight excluding hydrogens is 256 g/mol. The third kappa shape index (κ3) is 2.09. The lowest BCUT2D eigenvalue weighted by Gasteiger charge is -2.14. The molecule has 21 heavy (non-hydrogen) atoms. The zero-order valence-electron chi connectivity index (χ0n) is 11.7. The molecule has 2 nitrogen and oxygen atoms in total. The van der Waals surface area contributed by atoms with Crippen molar-refractivity contribution in [2.24, 2.45) is 0 Å². The van der Waals surface area contributed by atoms with E-state index < -0.39 is 0 Å². The predicted octanol–water partition coefficient (Wildman–Crippen LogP) is 4.76. The third-order valence-corrected chi connectivity index (χ3v) is 3.98. The van der Waals surface area contributed by atoms with Gasteiger partial charge in [0.1, 0.15) is 0 Å². The first-order valence-corrected chi connectivity index (χ1v) is 7.30. The maximum Gasteiger partial charge on any atom is 0.0566 e. The molecule has 2 aromatic heterocycles. The fourth-order valence-corrected chi connectivity index (χ4v) is 2.99. The summed E-state index contributed by atoms with van der Waals surface area (Å²) < 4.78 is 2.29. The van der Waals surface area contributed by atoms with Crippen LogP contribution in [0.15, 0.2) is 73.2 Å². The quantitative estimate of drug-likeness (QED) is 0.657. The highest BCUT2D eigenvalue weighted by molar-refractivity contribution is 5.94. The van der Waals surface area contributed by atoms with E-state index in [1.165, 1.54) is 22.0 Å². The lowest BCUT2D eigenvalue weighted by atomic mass is 9.99. The summed E-state index contributed by atoms with van der Waals surface area (Å²) in [6, 6.07) is 12.7. The van der Waals surface area contributed by atoms with Crippen molar-refractivity contribution in [2.45, 2.75) is 12.8 Å². The molecule has 4 rings (SSSR count). The first-order chi connectivity index (χ1) is 10.4. The highest BCUT2D eigenvalue weighted by atomic mass is 15.0. The second-order valence-electron chi connectivity index (χ2n) is 5.30. The van der Waals surface area contributed by atoms with E-state index in [-0.39, 0.29) is 0 Å². The molecule has 0 aliphatic heterocycles. The molecular formula is C19H16N2. The van der Waals surface area contributed by atoms with E-state index >= 15 is 0 Å². The standard InChI is InChI=1S/C19H16N2/c1-2-6-15(7-3-1)19-18-9-5-4-8-16(18)14-21(19)17-10-12-20-13-11-17/h1-2,4-6,8-14H,3,7H2. The SMILES string of the molecule is C1=CCCC(c2c3ccccc3cn2-c2ccncc2)=C1. The van der Waals surface area contributed by atoms with Crippen molar-refractivity contribution < 1.29 is 0 Å². The molecule has 3 aromatic rings. The van der Waals surface area contributed by atoms with Crippen LogP contribution in [-0.4, -0.2) is 9.55 Å². The molecule has 1 aliphatic rings. The van der Waals surface area contributed by atoms with Gasteiger partial charge in [-0.2, -0.15) is 0 Å². The monoisotopic (exact) mass is 272 g/mol. The number of nitrogens with zero attached hydrogens (tertiary/aromatic N) is 2. The average Bonchev–Trinajstić information content (AvgIpc) is 2.96. The van der Waals surface area contributed by atoms with E-state index in [0.29, 0.717) is 0 Å². The van der Waals surface area contributed by atoms with Crippen LogP contribution in [0.3, 0.4) is 0 Å². The van der Waals surface area contributed by atoms with Crippen molar-refractivity contribution in [1.82, 2.24) is 9.55 Å². The van der Waals surface area contributed by atoms with Gasteiger partial charge in [-0.1, -0.05) is 42.5 Å². The lowest BCUT2D eigenvalue weighted by molar-refractivity contribution is 0.995. The van der Waals surface area contributed by atoms with Gasteiger partial charge in [0, 0.05) is 35.1 Å². The van der Waals surface area contributed by atoms with Crippen LogP contribution in [0.5, 0.6) is 0 Å². The minimum atomic E-state index is 1.09. The van der Waals surface area contributed by atoms with Crippen LogP contribution >= 0.6 is 0 Å². The molecule has 2 heterocycles. The molecule has 1 aromatic carbocycles. The van der Waals surface area contributed by atoms with Crippen LogP contribution in [0.4, 0.5) is 0 Å². The van der Waals surface area contributed by atoms with Crippen molar-refractivity contribution in [2.75, 3.05) is 0 Å². The lowest BCUT2D eigenvalue weighted by Crippen LogP contribution is -2.00. The highest BCUT2D eigenvalue weighted by Crippen LogP contribution is 2.33. The van der Waals surface area contributed by atoms with Gasteiger partial charge in [-0.25, -0.2) is 0 Å². The average molecular weight is 272 g/mol. The molecule has 102 valence electrons. The fraction of sp³-hybridized carbons (Fsp3) is 0.105. The third-order valence-electron chi connectivity index (χ3n) is 3.98. The molecule has 0 N–H and O–H groups in total. The van der Waals surface area contributed by atoms with E-state index in [0.717, 1.165) is 18.5 Å². The maximum atomic E-state index is 4.13.